The molecule has 0 unspecified atom stereocenters. The van der Waals surface area contributed by atoms with Gasteiger partial charge >= 0.3 is 35.9 Å². The molecule has 1 saturated heterocycles. The molecule has 0 bridgehead atoms. The van der Waals surface area contributed by atoms with Gasteiger partial charge in [0.1, 0.15) is 42.0 Å². The number of nitrogens with one attached hydrogen (secondary N) is 7. The van der Waals surface area contributed by atoms with E-state index in [-0.39, 0.29) is 141 Å². The molecule has 13 N–H and O–H groups in total. The molecule has 544 valence electrons. The smallest absolute Gasteiger partial charge is 0.326 e. The van der Waals surface area contributed by atoms with Gasteiger partial charge in [-0.05, 0) is 110 Å². The number of carboxylic acid groups (broad SMARTS) is 8. The zero-order valence-electron chi connectivity index (χ0n) is 54.3. The van der Waals surface area contributed by atoms with Gasteiger partial charge in [-0.15, -0.1) is 0 Å². The Hall–Kier alpha value is -8.81. The molecule has 34 nitrogen and oxygen atoms in total. The van der Waals surface area contributed by atoms with Crippen LogP contribution >= 0.6 is 22.6 Å². The largest absolute Gasteiger partial charge is 0.549 e. The van der Waals surface area contributed by atoms with E-state index in [0.717, 1.165) is 0 Å². The van der Waals surface area contributed by atoms with Gasteiger partial charge < -0.3 is 97.6 Å². The van der Waals surface area contributed by atoms with E-state index in [0.29, 0.717) is 53.2 Å². The maximum absolute atomic E-state index is 14.5. The number of benzene rings is 2. The van der Waals surface area contributed by atoms with Crippen molar-refractivity contribution in [2.75, 3.05) is 85.1 Å². The fourth-order valence-corrected chi connectivity index (χ4v) is 11.1. The third-order valence-electron chi connectivity index (χ3n) is 15.8. The van der Waals surface area contributed by atoms with Crippen LogP contribution in [0.15, 0.2) is 48.5 Å². The van der Waals surface area contributed by atoms with Gasteiger partial charge in [0.05, 0.1) is 21.5 Å². The molecule has 0 saturated carbocycles. The molecular formula is C63H89IN11O23-3. The molecule has 98 heavy (non-hydrogen) atoms. The second kappa shape index (κ2) is 45.6. The lowest BCUT2D eigenvalue weighted by molar-refractivity contribution is -0.308. The summed E-state index contributed by atoms with van der Waals surface area (Å²) in [7, 11) is 0. The Labute approximate surface area is 579 Å². The number of carboxylic acids is 8. The molecule has 35 heteroatoms. The van der Waals surface area contributed by atoms with E-state index in [4.69, 9.17) is 5.11 Å². The standard InChI is InChI=1S/C63H92IN11O23/c64-42-34-41(18-21-49(42)76)36-46(67-52(79)22-20-48(62(96)97)75-32-30-73(38-55(84)85)28-26-72(37-54(82)83)27-29-74(31-33-75)39-56(86)87)57(88)69-47(35-40-12-4-3-5-13-40)58(89)68-43(59(90)91)14-8-10-24-65-50(77)16-6-1-2-7-17-51(78)66-25-11-9-15-44(60(92)93)70-63(98)71-45(61(94)95)19-23-53(80)81/h3-5,12-13,18,21,34,43-48,76H,1-2,6-11,14-17,19-20,22-33,35-39H2,(H,65,77)(H,66,78)(H,67,79)(H,68,89)(H,69,88)(H,80,81)(H,82,83)(H,84,85)(H,86,87)(H,90,91)(H,92,93)(H,94,95)(H,96,97)(H2,70,71,98)/p-3/t43-,44+,45+,46-,47-,48+/m1/s1. The number of urea groups is 1. The van der Waals surface area contributed by atoms with Crippen LogP contribution in [-0.4, -0.2) is 255 Å². The van der Waals surface area contributed by atoms with Crippen LogP contribution in [0.4, 0.5) is 4.79 Å². The Morgan fingerprint density at radius 3 is 1.30 bits per heavy atom. The number of hydrogen-bond acceptors (Lipinski definition) is 22. The summed E-state index contributed by atoms with van der Waals surface area (Å²) in [6.45, 7) is -1.67. The molecule has 0 spiro atoms. The fraction of sp³-hybridized carbons (Fsp3) is 0.587. The summed E-state index contributed by atoms with van der Waals surface area (Å²) < 4.78 is 0.392. The second-order valence-electron chi connectivity index (χ2n) is 23.6. The lowest BCUT2D eigenvalue weighted by Gasteiger charge is -2.36. The number of nitrogens with zero attached hydrogens (tertiary/aromatic N) is 4. The fourth-order valence-electron chi connectivity index (χ4n) is 10.5. The summed E-state index contributed by atoms with van der Waals surface area (Å²) in [5.74, 6) is -14.4. The third kappa shape index (κ3) is 35.4. The summed E-state index contributed by atoms with van der Waals surface area (Å²) in [6.07, 6.45) is 1.60. The van der Waals surface area contributed by atoms with Crippen molar-refractivity contribution in [2.45, 2.75) is 152 Å². The zero-order chi connectivity index (χ0) is 72.7. The maximum Gasteiger partial charge on any atom is 0.326 e. The predicted octanol–water partition coefficient (Wildman–Crippen LogP) is -3.99. The first kappa shape index (κ1) is 83.4. The maximum atomic E-state index is 14.5. The van der Waals surface area contributed by atoms with Crippen molar-refractivity contribution in [2.24, 2.45) is 0 Å². The molecule has 1 aliphatic heterocycles. The SMILES string of the molecule is O=C([O-])CN1CCN(CC(=O)[O-])CCN([C@@H](CCC(=O)N[C@H](Cc2ccc(O)c(I)c2)C(=O)N[C@H](Cc2ccccc2)C(=O)N[C@H](CCCCNC(=O)CCCCCCC(=O)NCCCC[C@H](NC(=O)N[C@@H](CCC(=O)O)C(=O)O)C(=O)O)C(=O)O)C(=O)O)CCN(CC(=O)[O-])CC1. The van der Waals surface area contributed by atoms with Gasteiger partial charge in [0.25, 0.3) is 0 Å². The number of aliphatic carboxylic acids is 8. The number of aromatic hydroxyl groups is 1. The Kier molecular flexibility index (Phi) is 38.9. The van der Waals surface area contributed by atoms with E-state index in [9.17, 15) is 108 Å². The van der Waals surface area contributed by atoms with Crippen LogP contribution in [-0.2, 0) is 75.2 Å². The number of carbonyl (C=O) groups excluding carboxylic acids is 9. The Morgan fingerprint density at radius 2 is 0.857 bits per heavy atom. The summed E-state index contributed by atoms with van der Waals surface area (Å²) in [4.78, 5) is 180. The van der Waals surface area contributed by atoms with E-state index < -0.39 is 147 Å². The van der Waals surface area contributed by atoms with Crippen LogP contribution in [0, 0.1) is 3.57 Å². The number of phenolic OH excluding ortho intramolecular Hbond substituents is 1. The van der Waals surface area contributed by atoms with E-state index in [1.807, 2.05) is 22.6 Å². The molecular weight excluding hydrogens is 1410 g/mol. The first-order valence-electron chi connectivity index (χ1n) is 32.2. The van der Waals surface area contributed by atoms with Crippen LogP contribution in [0.5, 0.6) is 5.75 Å². The van der Waals surface area contributed by atoms with Gasteiger partial charge in [-0.2, -0.15) is 0 Å². The topological polar surface area (TPSA) is 527 Å². The quantitative estimate of drug-likeness (QED) is 0.0222. The normalized spacial score (nSPS) is 15.3. The van der Waals surface area contributed by atoms with Crippen LogP contribution < -0.4 is 52.5 Å². The summed E-state index contributed by atoms with van der Waals surface area (Å²) in [5, 5.41) is 111. The molecule has 0 aliphatic carbocycles. The Balaban J connectivity index is 1.58. The van der Waals surface area contributed by atoms with E-state index in [1.165, 1.54) is 31.7 Å². The van der Waals surface area contributed by atoms with Crippen LogP contribution in [0.25, 0.3) is 0 Å². The molecule has 1 heterocycles. The summed E-state index contributed by atoms with van der Waals surface area (Å²) >= 11 is 1.86. The molecule has 2 aromatic carbocycles. The average Bonchev–Trinajstić information content (AvgIpc) is 0.864. The number of hydrogen-bond donors (Lipinski definition) is 13. The summed E-state index contributed by atoms with van der Waals surface area (Å²) in [5.41, 5.74) is 1.01. The van der Waals surface area contributed by atoms with Gasteiger partial charge in [0, 0.05) is 124 Å². The highest BCUT2D eigenvalue weighted by atomic mass is 127. The van der Waals surface area contributed by atoms with Crippen molar-refractivity contribution in [3.05, 3.63) is 63.2 Å². The van der Waals surface area contributed by atoms with Crippen molar-refractivity contribution in [1.29, 1.82) is 0 Å². The summed E-state index contributed by atoms with van der Waals surface area (Å²) in [6, 6.07) is 3.08. The first-order chi connectivity index (χ1) is 46.5. The minimum atomic E-state index is -1.54. The van der Waals surface area contributed by atoms with Gasteiger partial charge in [0.2, 0.25) is 29.5 Å². The monoisotopic (exact) mass is 1490 g/mol. The second-order valence-corrected chi connectivity index (χ2v) is 24.7. The van der Waals surface area contributed by atoms with Crippen molar-refractivity contribution >= 4 is 106 Å². The van der Waals surface area contributed by atoms with Crippen molar-refractivity contribution in [3.8, 4) is 5.75 Å². The highest BCUT2D eigenvalue weighted by Gasteiger charge is 2.33. The lowest BCUT2D eigenvalue weighted by Crippen LogP contribution is -2.57. The average molecular weight is 1500 g/mol. The van der Waals surface area contributed by atoms with Crippen LogP contribution in [0.1, 0.15) is 114 Å². The molecule has 7 amide bonds. The number of carbonyl (C=O) groups is 14. The van der Waals surface area contributed by atoms with Gasteiger partial charge in [-0.1, -0.05) is 49.2 Å². The molecule has 1 fully saturated rings. The van der Waals surface area contributed by atoms with E-state index >= 15 is 0 Å². The van der Waals surface area contributed by atoms with Gasteiger partial charge in [-0.25, -0.2) is 19.2 Å². The Morgan fingerprint density at radius 1 is 0.429 bits per heavy atom. The molecule has 1 aliphatic rings. The Bertz CT molecular complexity index is 2970. The number of amides is 7. The molecule has 3 rings (SSSR count). The minimum Gasteiger partial charge on any atom is -0.549 e. The molecule has 0 aromatic heterocycles. The van der Waals surface area contributed by atoms with Crippen molar-refractivity contribution in [1.82, 2.24) is 56.8 Å². The molecule has 2 aromatic rings. The number of halogens is 1. The number of rotatable bonds is 45. The van der Waals surface area contributed by atoms with E-state index in [1.54, 1.807) is 36.4 Å². The highest BCUT2D eigenvalue weighted by molar-refractivity contribution is 14.1. The molecule has 6 atom stereocenters. The zero-order valence-corrected chi connectivity index (χ0v) is 56.5. The highest BCUT2D eigenvalue weighted by Crippen LogP contribution is 2.22. The minimum absolute atomic E-state index is 0.00684. The first-order valence-corrected chi connectivity index (χ1v) is 33.2. The van der Waals surface area contributed by atoms with Crippen LogP contribution in [0.3, 0.4) is 0 Å². The number of phenols is 1. The number of unbranched alkanes of at least 4 members (excludes halogenated alkanes) is 5. The van der Waals surface area contributed by atoms with Gasteiger partial charge in [-0.3, -0.25) is 53.2 Å². The molecule has 0 radical (unpaired) electrons. The van der Waals surface area contributed by atoms with E-state index in [2.05, 4.69) is 37.2 Å². The van der Waals surface area contributed by atoms with Crippen LogP contribution in [0.2, 0.25) is 0 Å². The van der Waals surface area contributed by atoms with Gasteiger partial charge in [0.15, 0.2) is 0 Å². The predicted molar refractivity (Wildman–Crippen MR) is 347 cm³/mol. The lowest BCUT2D eigenvalue weighted by atomic mass is 10.0. The van der Waals surface area contributed by atoms with Crippen molar-refractivity contribution in [3.63, 3.8) is 0 Å². The van der Waals surface area contributed by atoms with Crippen molar-refractivity contribution < 1.29 is 113 Å². The third-order valence-corrected chi connectivity index (χ3v) is 16.7.